The Kier molecular flexibility index (Phi) is 5.85. The number of carbonyl (C=O) groups is 1. The van der Waals surface area contributed by atoms with Gasteiger partial charge in [0.2, 0.25) is 5.88 Å². The molecule has 1 aliphatic heterocycles. The fourth-order valence-corrected chi connectivity index (χ4v) is 3.14. The number of ether oxygens (including phenoxy) is 2. The van der Waals surface area contributed by atoms with Gasteiger partial charge >= 0.3 is 0 Å². The highest BCUT2D eigenvalue weighted by Gasteiger charge is 2.36. The molecule has 0 atom stereocenters. The molecule has 0 bridgehead atoms. The number of nitrogens with zero attached hydrogens (tertiary/aromatic N) is 3. The van der Waals surface area contributed by atoms with Gasteiger partial charge in [-0.25, -0.2) is 0 Å². The van der Waals surface area contributed by atoms with Gasteiger partial charge in [-0.1, -0.05) is 11.6 Å². The van der Waals surface area contributed by atoms with Crippen molar-refractivity contribution in [3.05, 3.63) is 47.1 Å². The minimum absolute atomic E-state index is 0.0337. The van der Waals surface area contributed by atoms with E-state index in [0.29, 0.717) is 29.7 Å². The Morgan fingerprint density at radius 3 is 2.37 bits per heavy atom. The first kappa shape index (κ1) is 19.4. The van der Waals surface area contributed by atoms with Gasteiger partial charge < -0.3 is 14.4 Å². The molecule has 3 rings (SSSR count). The van der Waals surface area contributed by atoms with E-state index in [1.165, 1.54) is 0 Å². The molecular formula is C20H24ClN3O3. The zero-order valence-corrected chi connectivity index (χ0v) is 16.6. The number of hydrogen-bond acceptors (Lipinski definition) is 5. The largest absolute Gasteiger partial charge is 0.478 e. The first-order chi connectivity index (χ1) is 12.8. The Morgan fingerprint density at radius 1 is 1.11 bits per heavy atom. The predicted octanol–water partition coefficient (Wildman–Crippen LogP) is 3.67. The van der Waals surface area contributed by atoms with Gasteiger partial charge in [-0.05, 0) is 51.1 Å². The maximum absolute atomic E-state index is 12.9. The Hall–Kier alpha value is -2.34. The van der Waals surface area contributed by atoms with Crippen LogP contribution in [0.5, 0.6) is 11.6 Å². The molecule has 0 spiro atoms. The summed E-state index contributed by atoms with van der Waals surface area (Å²) in [6, 6.07) is 10.7. The molecule has 1 aromatic heterocycles. The molecule has 1 aliphatic rings. The highest BCUT2D eigenvalue weighted by molar-refractivity contribution is 6.30. The highest BCUT2D eigenvalue weighted by Crippen LogP contribution is 2.24. The van der Waals surface area contributed by atoms with Crippen molar-refractivity contribution in [2.24, 2.45) is 0 Å². The molecule has 2 aromatic rings. The Morgan fingerprint density at radius 2 is 1.78 bits per heavy atom. The summed E-state index contributed by atoms with van der Waals surface area (Å²) in [7, 11) is 0. The van der Waals surface area contributed by atoms with E-state index in [4.69, 9.17) is 21.1 Å². The second kappa shape index (κ2) is 8.13. The third kappa shape index (κ3) is 5.10. The number of hydrogen-bond donors (Lipinski definition) is 0. The average molecular weight is 390 g/mol. The van der Waals surface area contributed by atoms with Crippen LogP contribution in [0.3, 0.4) is 0 Å². The molecule has 27 heavy (non-hydrogen) atoms. The minimum Gasteiger partial charge on any atom is -0.478 e. The highest BCUT2D eigenvalue weighted by atomic mass is 35.5. The molecule has 0 radical (unpaired) electrons. The van der Waals surface area contributed by atoms with E-state index in [1.807, 2.05) is 24.0 Å². The fraction of sp³-hybridized carbons (Fsp3) is 0.450. The monoisotopic (exact) mass is 389 g/mol. The average Bonchev–Trinajstić information content (AvgIpc) is 2.65. The molecule has 0 unspecified atom stereocenters. The molecule has 0 saturated carbocycles. The fourth-order valence-electron chi connectivity index (χ4n) is 3.02. The van der Waals surface area contributed by atoms with Gasteiger partial charge in [0, 0.05) is 37.0 Å². The van der Waals surface area contributed by atoms with Gasteiger partial charge in [0.05, 0.1) is 5.69 Å². The Labute approximate surface area is 164 Å². The summed E-state index contributed by atoms with van der Waals surface area (Å²) in [5, 5.41) is 8.67. The van der Waals surface area contributed by atoms with Crippen molar-refractivity contribution >= 4 is 17.5 Å². The Balaban J connectivity index is 1.53. The lowest BCUT2D eigenvalue weighted by Crippen LogP contribution is -2.52. The van der Waals surface area contributed by atoms with Crippen LogP contribution in [0.2, 0.25) is 5.02 Å². The number of piperidine rings is 1. The summed E-state index contributed by atoms with van der Waals surface area (Å²) in [6.45, 7) is 6.70. The molecular weight excluding hydrogens is 366 g/mol. The van der Waals surface area contributed by atoms with Crippen molar-refractivity contribution in [1.29, 1.82) is 0 Å². The topological polar surface area (TPSA) is 64.5 Å². The van der Waals surface area contributed by atoms with Crippen molar-refractivity contribution in [3.8, 4) is 11.6 Å². The van der Waals surface area contributed by atoms with E-state index < -0.39 is 5.60 Å². The second-order valence-electron chi connectivity index (χ2n) is 7.19. The van der Waals surface area contributed by atoms with E-state index >= 15 is 0 Å². The lowest BCUT2D eigenvalue weighted by molar-refractivity contribution is -0.147. The van der Waals surface area contributed by atoms with Crippen molar-refractivity contribution in [2.45, 2.75) is 45.3 Å². The van der Waals surface area contributed by atoms with Crippen molar-refractivity contribution < 1.29 is 14.3 Å². The quantitative estimate of drug-likeness (QED) is 0.780. The standard InChI is InChI=1S/C20H24ClN3O3/c1-14-4-9-18(23-22-14)26-16-10-12-24(13-11-16)19(25)20(2,3)27-17-7-5-15(21)6-8-17/h4-9,16H,10-13H2,1-3H3. The summed E-state index contributed by atoms with van der Waals surface area (Å²) in [5.74, 6) is 1.11. The van der Waals surface area contributed by atoms with Gasteiger partial charge in [0.15, 0.2) is 5.60 Å². The van der Waals surface area contributed by atoms with Crippen LogP contribution in [-0.4, -0.2) is 45.8 Å². The van der Waals surface area contributed by atoms with E-state index in [2.05, 4.69) is 10.2 Å². The van der Waals surface area contributed by atoms with Gasteiger partial charge in [0.1, 0.15) is 11.9 Å². The molecule has 0 aliphatic carbocycles. The predicted molar refractivity (Wildman–Crippen MR) is 103 cm³/mol. The van der Waals surface area contributed by atoms with Gasteiger partial charge in [-0.15, -0.1) is 5.10 Å². The maximum Gasteiger partial charge on any atom is 0.266 e. The normalized spacial score (nSPS) is 15.5. The Bertz CT molecular complexity index is 770. The van der Waals surface area contributed by atoms with Crippen LogP contribution in [0.1, 0.15) is 32.4 Å². The van der Waals surface area contributed by atoms with Crippen LogP contribution in [0.15, 0.2) is 36.4 Å². The molecule has 1 saturated heterocycles. The zero-order valence-electron chi connectivity index (χ0n) is 15.8. The van der Waals surface area contributed by atoms with E-state index in [9.17, 15) is 4.79 Å². The number of rotatable bonds is 5. The van der Waals surface area contributed by atoms with Crippen LogP contribution >= 0.6 is 11.6 Å². The number of likely N-dealkylation sites (tertiary alicyclic amines) is 1. The van der Waals surface area contributed by atoms with Gasteiger partial charge in [0.25, 0.3) is 5.91 Å². The van der Waals surface area contributed by atoms with Crippen LogP contribution in [0, 0.1) is 6.92 Å². The van der Waals surface area contributed by atoms with Crippen molar-refractivity contribution in [2.75, 3.05) is 13.1 Å². The zero-order chi connectivity index (χ0) is 19.4. The maximum atomic E-state index is 12.9. The number of amides is 1. The summed E-state index contributed by atoms with van der Waals surface area (Å²) in [4.78, 5) is 14.7. The summed E-state index contributed by atoms with van der Waals surface area (Å²) in [5.41, 5.74) is -0.102. The van der Waals surface area contributed by atoms with Gasteiger partial charge in [-0.2, -0.15) is 5.10 Å². The molecule has 7 heteroatoms. The van der Waals surface area contributed by atoms with E-state index in [-0.39, 0.29) is 12.0 Å². The molecule has 0 N–H and O–H groups in total. The van der Waals surface area contributed by atoms with E-state index in [0.717, 1.165) is 18.5 Å². The SMILES string of the molecule is Cc1ccc(OC2CCN(C(=O)C(C)(C)Oc3ccc(Cl)cc3)CC2)nn1. The first-order valence-electron chi connectivity index (χ1n) is 9.04. The summed E-state index contributed by atoms with van der Waals surface area (Å²) >= 11 is 5.90. The minimum atomic E-state index is -0.954. The third-order valence-corrected chi connectivity index (χ3v) is 4.74. The molecule has 1 fully saturated rings. The molecule has 144 valence electrons. The number of carbonyl (C=O) groups excluding carboxylic acids is 1. The lowest BCUT2D eigenvalue weighted by atomic mass is 10.0. The number of benzene rings is 1. The van der Waals surface area contributed by atoms with Crippen LogP contribution in [0.4, 0.5) is 0 Å². The molecule has 1 aromatic carbocycles. The summed E-state index contributed by atoms with van der Waals surface area (Å²) in [6.07, 6.45) is 1.53. The van der Waals surface area contributed by atoms with Crippen LogP contribution < -0.4 is 9.47 Å². The lowest BCUT2D eigenvalue weighted by Gasteiger charge is -2.36. The number of halogens is 1. The molecule has 6 nitrogen and oxygen atoms in total. The van der Waals surface area contributed by atoms with E-state index in [1.54, 1.807) is 38.1 Å². The molecule has 2 heterocycles. The van der Waals surface area contributed by atoms with Gasteiger partial charge in [-0.3, -0.25) is 4.79 Å². The number of aryl methyl sites for hydroxylation is 1. The summed E-state index contributed by atoms with van der Waals surface area (Å²) < 4.78 is 11.8. The van der Waals surface area contributed by atoms with Crippen molar-refractivity contribution in [1.82, 2.24) is 15.1 Å². The molecule has 1 amide bonds. The van der Waals surface area contributed by atoms with Crippen LogP contribution in [-0.2, 0) is 4.79 Å². The first-order valence-corrected chi connectivity index (χ1v) is 9.42. The smallest absolute Gasteiger partial charge is 0.266 e. The van der Waals surface area contributed by atoms with Crippen molar-refractivity contribution in [3.63, 3.8) is 0 Å². The number of aromatic nitrogens is 2. The second-order valence-corrected chi connectivity index (χ2v) is 7.63. The van der Waals surface area contributed by atoms with Crippen LogP contribution in [0.25, 0.3) is 0 Å². The third-order valence-electron chi connectivity index (χ3n) is 4.49.